The van der Waals surface area contributed by atoms with Crippen LogP contribution < -0.4 is 0 Å². The average Bonchev–Trinajstić information content (AvgIpc) is 3.23. The summed E-state index contributed by atoms with van der Waals surface area (Å²) >= 11 is 0. The van der Waals surface area contributed by atoms with Gasteiger partial charge in [-0.15, -0.1) is 0 Å². The molecule has 29 heavy (non-hydrogen) atoms. The molecular formula is C22H26N2O5. The molecule has 0 unspecified atom stereocenters. The van der Waals surface area contributed by atoms with E-state index in [9.17, 15) is 14.4 Å². The normalized spacial score (nSPS) is 14.6. The van der Waals surface area contributed by atoms with Gasteiger partial charge in [-0.1, -0.05) is 31.2 Å². The zero-order chi connectivity index (χ0) is 21.0. The first-order valence-corrected chi connectivity index (χ1v) is 9.84. The SMILES string of the molecule is CCc1ccc(-c2ccc(C(=O)N(C)CC(=O)N3CCC(C(=O)O)CC3)o2)cc1. The van der Waals surface area contributed by atoms with Crippen LogP contribution in [0.2, 0.25) is 0 Å². The highest BCUT2D eigenvalue weighted by Gasteiger charge is 2.28. The van der Waals surface area contributed by atoms with E-state index < -0.39 is 11.9 Å². The number of hydrogen-bond acceptors (Lipinski definition) is 4. The molecule has 0 radical (unpaired) electrons. The third-order valence-electron chi connectivity index (χ3n) is 5.38. The molecule has 2 aromatic rings. The fraction of sp³-hybridized carbons (Fsp3) is 0.409. The van der Waals surface area contributed by atoms with E-state index in [1.54, 1.807) is 24.1 Å². The molecule has 1 aromatic heterocycles. The van der Waals surface area contributed by atoms with Gasteiger partial charge in [0.15, 0.2) is 5.76 Å². The van der Waals surface area contributed by atoms with Crippen LogP contribution in [0.15, 0.2) is 40.8 Å². The number of carboxylic acids is 1. The number of carbonyl (C=O) groups excluding carboxylic acids is 2. The van der Waals surface area contributed by atoms with Crippen molar-refractivity contribution in [1.82, 2.24) is 9.80 Å². The van der Waals surface area contributed by atoms with E-state index in [1.165, 1.54) is 10.5 Å². The Hall–Kier alpha value is -3.09. The van der Waals surface area contributed by atoms with Crippen LogP contribution in [0, 0.1) is 5.92 Å². The van der Waals surface area contributed by atoms with Crippen LogP contribution in [0.3, 0.4) is 0 Å². The van der Waals surface area contributed by atoms with Gasteiger partial charge < -0.3 is 19.3 Å². The summed E-state index contributed by atoms with van der Waals surface area (Å²) in [5.74, 6) is -0.985. The number of aliphatic carboxylic acids is 1. The maximum atomic E-state index is 12.6. The number of aryl methyl sites for hydroxylation is 1. The summed E-state index contributed by atoms with van der Waals surface area (Å²) in [5.41, 5.74) is 2.11. The number of carbonyl (C=O) groups is 3. The Morgan fingerprint density at radius 1 is 1.10 bits per heavy atom. The summed E-state index contributed by atoms with van der Waals surface area (Å²) in [6, 6.07) is 11.3. The maximum Gasteiger partial charge on any atom is 0.306 e. The summed E-state index contributed by atoms with van der Waals surface area (Å²) < 4.78 is 5.71. The zero-order valence-electron chi connectivity index (χ0n) is 16.8. The van der Waals surface area contributed by atoms with Gasteiger partial charge in [-0.3, -0.25) is 14.4 Å². The zero-order valence-corrected chi connectivity index (χ0v) is 16.8. The molecule has 1 aliphatic heterocycles. The smallest absolute Gasteiger partial charge is 0.306 e. The van der Waals surface area contributed by atoms with E-state index in [1.807, 2.05) is 24.3 Å². The highest BCUT2D eigenvalue weighted by atomic mass is 16.4. The van der Waals surface area contributed by atoms with Gasteiger partial charge in [-0.2, -0.15) is 0 Å². The van der Waals surface area contributed by atoms with Gasteiger partial charge in [-0.05, 0) is 37.0 Å². The second-order valence-electron chi connectivity index (χ2n) is 7.37. The number of carboxylic acid groups (broad SMARTS) is 1. The Bertz CT molecular complexity index is 879. The van der Waals surface area contributed by atoms with Gasteiger partial charge in [0.1, 0.15) is 5.76 Å². The second kappa shape index (κ2) is 8.94. The standard InChI is InChI=1S/C22H26N2O5/c1-3-15-4-6-16(7-5-15)18-8-9-19(29-18)21(26)23(2)14-20(25)24-12-10-17(11-13-24)22(27)28/h4-9,17H,3,10-14H2,1-2H3,(H,27,28). The third kappa shape index (κ3) is 4.85. The molecule has 7 heteroatoms. The predicted octanol–water partition coefficient (Wildman–Crippen LogP) is 2.90. The van der Waals surface area contributed by atoms with Crippen molar-refractivity contribution < 1.29 is 23.9 Å². The average molecular weight is 398 g/mol. The van der Waals surface area contributed by atoms with Gasteiger partial charge in [0.05, 0.1) is 12.5 Å². The predicted molar refractivity (Wildman–Crippen MR) is 107 cm³/mol. The van der Waals surface area contributed by atoms with Gasteiger partial charge in [0.25, 0.3) is 5.91 Å². The van der Waals surface area contributed by atoms with Crippen molar-refractivity contribution in [2.24, 2.45) is 5.92 Å². The highest BCUT2D eigenvalue weighted by molar-refractivity contribution is 5.94. The van der Waals surface area contributed by atoms with Crippen molar-refractivity contribution in [1.29, 1.82) is 0 Å². The molecular weight excluding hydrogens is 372 g/mol. The number of nitrogens with zero attached hydrogens (tertiary/aromatic N) is 2. The molecule has 1 aliphatic rings. The molecule has 2 amide bonds. The molecule has 1 N–H and O–H groups in total. The highest BCUT2D eigenvalue weighted by Crippen LogP contribution is 2.23. The number of furan rings is 1. The third-order valence-corrected chi connectivity index (χ3v) is 5.38. The molecule has 0 aliphatic carbocycles. The van der Waals surface area contributed by atoms with Gasteiger partial charge in [-0.25, -0.2) is 0 Å². The van der Waals surface area contributed by atoms with Gasteiger partial charge >= 0.3 is 5.97 Å². The van der Waals surface area contributed by atoms with E-state index in [4.69, 9.17) is 9.52 Å². The number of likely N-dealkylation sites (N-methyl/N-ethyl adjacent to an activating group) is 1. The minimum Gasteiger partial charge on any atom is -0.481 e. The molecule has 0 saturated carbocycles. The molecule has 1 aromatic carbocycles. The van der Waals surface area contributed by atoms with Crippen LogP contribution in [0.1, 0.15) is 35.9 Å². The number of hydrogen-bond donors (Lipinski definition) is 1. The molecule has 0 bridgehead atoms. The largest absolute Gasteiger partial charge is 0.481 e. The van der Waals surface area contributed by atoms with Crippen molar-refractivity contribution in [3.05, 3.63) is 47.7 Å². The lowest BCUT2D eigenvalue weighted by Crippen LogP contribution is -2.45. The fourth-order valence-electron chi connectivity index (χ4n) is 3.45. The first-order chi connectivity index (χ1) is 13.9. The van der Waals surface area contributed by atoms with Crippen molar-refractivity contribution >= 4 is 17.8 Å². The lowest BCUT2D eigenvalue weighted by molar-refractivity contribution is -0.145. The van der Waals surface area contributed by atoms with Crippen molar-refractivity contribution in [3.63, 3.8) is 0 Å². The summed E-state index contributed by atoms with van der Waals surface area (Å²) in [4.78, 5) is 39.1. The van der Waals surface area contributed by atoms with Gasteiger partial charge in [0.2, 0.25) is 5.91 Å². The lowest BCUT2D eigenvalue weighted by atomic mass is 9.97. The Morgan fingerprint density at radius 2 is 1.76 bits per heavy atom. The molecule has 7 nitrogen and oxygen atoms in total. The molecule has 1 fully saturated rings. The summed E-state index contributed by atoms with van der Waals surface area (Å²) in [7, 11) is 1.56. The quantitative estimate of drug-likeness (QED) is 0.808. The molecule has 0 spiro atoms. The van der Waals surface area contributed by atoms with Crippen LogP contribution in [0.4, 0.5) is 0 Å². The van der Waals surface area contributed by atoms with Crippen LogP contribution in [-0.4, -0.2) is 59.4 Å². The second-order valence-corrected chi connectivity index (χ2v) is 7.37. The van der Waals surface area contributed by atoms with E-state index in [2.05, 4.69) is 6.92 Å². The molecule has 1 saturated heterocycles. The minimum absolute atomic E-state index is 0.0716. The number of likely N-dealkylation sites (tertiary alicyclic amines) is 1. The molecule has 154 valence electrons. The summed E-state index contributed by atoms with van der Waals surface area (Å²) in [6.07, 6.45) is 1.84. The molecule has 0 atom stereocenters. The topological polar surface area (TPSA) is 91.1 Å². The van der Waals surface area contributed by atoms with E-state index >= 15 is 0 Å². The van der Waals surface area contributed by atoms with Crippen LogP contribution in [-0.2, 0) is 16.0 Å². The first kappa shape index (κ1) is 20.6. The van der Waals surface area contributed by atoms with Crippen molar-refractivity contribution in [2.75, 3.05) is 26.7 Å². The van der Waals surface area contributed by atoms with Gasteiger partial charge in [0, 0.05) is 25.7 Å². The van der Waals surface area contributed by atoms with E-state index in [0.29, 0.717) is 31.7 Å². The molecule has 3 rings (SSSR count). The Labute approximate surface area is 169 Å². The number of rotatable bonds is 6. The van der Waals surface area contributed by atoms with Crippen LogP contribution >= 0.6 is 0 Å². The summed E-state index contributed by atoms with van der Waals surface area (Å²) in [5, 5.41) is 9.05. The lowest BCUT2D eigenvalue weighted by Gasteiger charge is -2.31. The van der Waals surface area contributed by atoms with E-state index in [-0.39, 0.29) is 24.1 Å². The first-order valence-electron chi connectivity index (χ1n) is 9.84. The molecule has 2 heterocycles. The van der Waals surface area contributed by atoms with Crippen LogP contribution in [0.5, 0.6) is 0 Å². The fourth-order valence-corrected chi connectivity index (χ4v) is 3.45. The number of benzene rings is 1. The maximum absolute atomic E-state index is 12.6. The summed E-state index contributed by atoms with van der Waals surface area (Å²) in [6.45, 7) is 2.81. The van der Waals surface area contributed by atoms with Crippen molar-refractivity contribution in [3.8, 4) is 11.3 Å². The Balaban J connectivity index is 1.58. The van der Waals surface area contributed by atoms with E-state index in [0.717, 1.165) is 12.0 Å². The van der Waals surface area contributed by atoms with Crippen LogP contribution in [0.25, 0.3) is 11.3 Å². The van der Waals surface area contributed by atoms with Crippen molar-refractivity contribution in [2.45, 2.75) is 26.2 Å². The Morgan fingerprint density at radius 3 is 2.34 bits per heavy atom. The number of amides is 2. The minimum atomic E-state index is -0.817. The Kier molecular flexibility index (Phi) is 6.36. The monoisotopic (exact) mass is 398 g/mol. The number of piperidine rings is 1.